The van der Waals surface area contributed by atoms with E-state index in [1.165, 1.54) is 25.0 Å². The Bertz CT molecular complexity index is 98.7. The van der Waals surface area contributed by atoms with Crippen LogP contribution in [0.4, 0.5) is 0 Å². The van der Waals surface area contributed by atoms with Crippen molar-refractivity contribution < 1.29 is 0 Å². The highest BCUT2D eigenvalue weighted by atomic mass is 14.7. The SMILES string of the molecule is [B]NC1=CCCCC1. The predicted octanol–water partition coefficient (Wildman–Crippen LogP) is 1.12. The summed E-state index contributed by atoms with van der Waals surface area (Å²) in [6.45, 7) is 0. The van der Waals surface area contributed by atoms with Gasteiger partial charge in [-0.15, -0.1) is 0 Å². The molecule has 0 aromatic carbocycles. The number of hydrogen-bond acceptors (Lipinski definition) is 1. The topological polar surface area (TPSA) is 12.0 Å². The van der Waals surface area contributed by atoms with E-state index in [0.717, 1.165) is 6.42 Å². The molecule has 0 aromatic rings. The van der Waals surface area contributed by atoms with Gasteiger partial charge in [-0.3, -0.25) is 0 Å². The van der Waals surface area contributed by atoms with Crippen LogP contribution < -0.4 is 5.23 Å². The molecule has 1 N–H and O–H groups in total. The van der Waals surface area contributed by atoms with Crippen LogP contribution in [0.3, 0.4) is 0 Å². The fourth-order valence-electron chi connectivity index (χ4n) is 0.969. The highest BCUT2D eigenvalue weighted by Gasteiger charge is 1.98. The quantitative estimate of drug-likeness (QED) is 0.495. The fourth-order valence-corrected chi connectivity index (χ4v) is 0.969. The second kappa shape index (κ2) is 2.80. The lowest BCUT2D eigenvalue weighted by atomic mass is 10.0. The van der Waals surface area contributed by atoms with Crippen molar-refractivity contribution in [2.45, 2.75) is 25.7 Å². The van der Waals surface area contributed by atoms with E-state index in [1.807, 2.05) is 0 Å². The molecule has 0 saturated carbocycles. The van der Waals surface area contributed by atoms with Gasteiger partial charge in [0.15, 0.2) is 0 Å². The molecule has 2 heteroatoms. The number of rotatable bonds is 1. The highest BCUT2D eigenvalue weighted by Crippen LogP contribution is 2.13. The Balaban J connectivity index is 2.37. The third kappa shape index (κ3) is 1.29. The Hall–Kier alpha value is -0.395. The van der Waals surface area contributed by atoms with Crippen molar-refractivity contribution in [1.82, 2.24) is 5.23 Å². The van der Waals surface area contributed by atoms with E-state index in [1.54, 1.807) is 0 Å². The van der Waals surface area contributed by atoms with Gasteiger partial charge in [0.2, 0.25) is 7.98 Å². The minimum Gasteiger partial charge on any atom is -0.441 e. The van der Waals surface area contributed by atoms with Gasteiger partial charge in [-0.1, -0.05) is 6.08 Å². The summed E-state index contributed by atoms with van der Waals surface area (Å²) in [7, 11) is 5.18. The van der Waals surface area contributed by atoms with Gasteiger partial charge in [0, 0.05) is 0 Å². The molecule has 0 aromatic heterocycles. The van der Waals surface area contributed by atoms with Crippen LogP contribution in [0.5, 0.6) is 0 Å². The normalized spacial score (nSPS) is 19.8. The molecule has 0 heterocycles. The van der Waals surface area contributed by atoms with E-state index in [-0.39, 0.29) is 0 Å². The maximum atomic E-state index is 5.18. The van der Waals surface area contributed by atoms with Gasteiger partial charge in [-0.05, 0) is 31.4 Å². The molecule has 0 fully saturated rings. The lowest BCUT2D eigenvalue weighted by Gasteiger charge is -2.10. The molecular formula is C6H10BN. The van der Waals surface area contributed by atoms with E-state index in [4.69, 9.17) is 7.98 Å². The van der Waals surface area contributed by atoms with Gasteiger partial charge in [0.25, 0.3) is 0 Å². The summed E-state index contributed by atoms with van der Waals surface area (Å²) in [5, 5.41) is 2.66. The van der Waals surface area contributed by atoms with E-state index < -0.39 is 0 Å². The van der Waals surface area contributed by atoms with Crippen LogP contribution >= 0.6 is 0 Å². The first-order chi connectivity index (χ1) is 3.93. The number of allylic oxidation sites excluding steroid dienone is 2. The molecule has 1 nitrogen and oxygen atoms in total. The van der Waals surface area contributed by atoms with Gasteiger partial charge in [0.05, 0.1) is 0 Å². The molecule has 0 aliphatic heterocycles. The molecule has 0 bridgehead atoms. The maximum absolute atomic E-state index is 5.18. The summed E-state index contributed by atoms with van der Waals surface area (Å²) in [4.78, 5) is 0. The smallest absolute Gasteiger partial charge is 0.222 e. The van der Waals surface area contributed by atoms with Crippen LogP contribution in [-0.4, -0.2) is 7.98 Å². The van der Waals surface area contributed by atoms with Crippen LogP contribution in [0.25, 0.3) is 0 Å². The summed E-state index contributed by atoms with van der Waals surface area (Å²) >= 11 is 0. The number of nitrogens with one attached hydrogen (secondary N) is 1. The molecule has 0 unspecified atom stereocenters. The van der Waals surface area contributed by atoms with Crippen LogP contribution in [0, 0.1) is 0 Å². The third-order valence-electron chi connectivity index (χ3n) is 1.48. The second-order valence-electron chi connectivity index (χ2n) is 2.12. The Morgan fingerprint density at radius 1 is 1.50 bits per heavy atom. The highest BCUT2D eigenvalue weighted by molar-refractivity contribution is 6.05. The van der Waals surface area contributed by atoms with Gasteiger partial charge in [-0.25, -0.2) is 0 Å². The predicted molar refractivity (Wildman–Crippen MR) is 35.4 cm³/mol. The standard InChI is InChI=1S/C6H10BN/c7-8-6-4-2-1-3-5-6/h4,8H,1-3,5H2. The summed E-state index contributed by atoms with van der Waals surface area (Å²) in [5.41, 5.74) is 1.20. The summed E-state index contributed by atoms with van der Waals surface area (Å²) in [6, 6.07) is 0. The van der Waals surface area contributed by atoms with Crippen molar-refractivity contribution in [3.63, 3.8) is 0 Å². The molecule has 2 radical (unpaired) electrons. The average Bonchev–Trinajstić information content (AvgIpc) is 1.90. The van der Waals surface area contributed by atoms with Crippen molar-refractivity contribution >= 4 is 7.98 Å². The van der Waals surface area contributed by atoms with Gasteiger partial charge in [-0.2, -0.15) is 0 Å². The zero-order valence-electron chi connectivity index (χ0n) is 4.98. The van der Waals surface area contributed by atoms with Crippen LogP contribution in [0.2, 0.25) is 0 Å². The lowest BCUT2D eigenvalue weighted by molar-refractivity contribution is 0.685. The van der Waals surface area contributed by atoms with Gasteiger partial charge in [0.1, 0.15) is 0 Å². The van der Waals surface area contributed by atoms with E-state index in [2.05, 4.69) is 11.3 Å². The van der Waals surface area contributed by atoms with Gasteiger partial charge < -0.3 is 5.23 Å². The summed E-state index contributed by atoms with van der Waals surface area (Å²) in [6.07, 6.45) is 7.11. The number of hydrogen-bond donors (Lipinski definition) is 1. The molecule has 1 aliphatic rings. The largest absolute Gasteiger partial charge is 0.441 e. The average molecular weight is 107 g/mol. The second-order valence-corrected chi connectivity index (χ2v) is 2.12. The molecule has 0 spiro atoms. The lowest BCUT2D eigenvalue weighted by Crippen LogP contribution is -2.09. The monoisotopic (exact) mass is 107 g/mol. The van der Waals surface area contributed by atoms with E-state index >= 15 is 0 Å². The molecule has 0 atom stereocenters. The van der Waals surface area contributed by atoms with Crippen LogP contribution in [-0.2, 0) is 0 Å². The van der Waals surface area contributed by atoms with Crippen LogP contribution in [0.1, 0.15) is 25.7 Å². The Kier molecular flexibility index (Phi) is 2.01. The van der Waals surface area contributed by atoms with Crippen molar-refractivity contribution in [3.8, 4) is 0 Å². The van der Waals surface area contributed by atoms with Gasteiger partial charge >= 0.3 is 0 Å². The molecule has 1 aliphatic carbocycles. The molecule has 0 amide bonds. The van der Waals surface area contributed by atoms with E-state index in [9.17, 15) is 0 Å². The Morgan fingerprint density at radius 3 is 2.75 bits per heavy atom. The maximum Gasteiger partial charge on any atom is 0.222 e. The van der Waals surface area contributed by atoms with Crippen molar-refractivity contribution in [2.75, 3.05) is 0 Å². The molecule has 8 heavy (non-hydrogen) atoms. The third-order valence-corrected chi connectivity index (χ3v) is 1.48. The fraction of sp³-hybridized carbons (Fsp3) is 0.667. The molecule has 1 rings (SSSR count). The van der Waals surface area contributed by atoms with Crippen molar-refractivity contribution in [2.24, 2.45) is 0 Å². The summed E-state index contributed by atoms with van der Waals surface area (Å²) < 4.78 is 0. The first-order valence-electron chi connectivity index (χ1n) is 3.09. The minimum atomic E-state index is 1.14. The first kappa shape index (κ1) is 5.74. The van der Waals surface area contributed by atoms with E-state index in [0.29, 0.717) is 0 Å². The molecule has 0 saturated heterocycles. The molecule has 42 valence electrons. The first-order valence-corrected chi connectivity index (χ1v) is 3.09. The minimum absolute atomic E-state index is 1.14. The Morgan fingerprint density at radius 2 is 2.38 bits per heavy atom. The van der Waals surface area contributed by atoms with Crippen molar-refractivity contribution in [1.29, 1.82) is 0 Å². The van der Waals surface area contributed by atoms with Crippen molar-refractivity contribution in [3.05, 3.63) is 11.8 Å². The molecular weight excluding hydrogens is 96.9 g/mol. The zero-order valence-corrected chi connectivity index (χ0v) is 4.98. The summed E-state index contributed by atoms with van der Waals surface area (Å²) in [5.74, 6) is 0. The Labute approximate surface area is 51.6 Å². The van der Waals surface area contributed by atoms with Crippen LogP contribution in [0.15, 0.2) is 11.8 Å². The zero-order chi connectivity index (χ0) is 5.82.